The van der Waals surface area contributed by atoms with Gasteiger partial charge in [-0.25, -0.2) is 4.79 Å². The minimum atomic E-state index is -1.52. The first-order valence-electron chi connectivity index (χ1n) is 7.57. The van der Waals surface area contributed by atoms with Crippen molar-refractivity contribution in [1.82, 2.24) is 10.6 Å². The van der Waals surface area contributed by atoms with Gasteiger partial charge in [-0.2, -0.15) is 0 Å². The molecule has 120 valence electrons. The molecule has 2 aliphatic rings. The third-order valence-electron chi connectivity index (χ3n) is 4.50. The van der Waals surface area contributed by atoms with Crippen LogP contribution in [0.4, 0.5) is 4.79 Å². The number of amides is 4. The molecular formula is C18H14N2O4. The van der Waals surface area contributed by atoms with Gasteiger partial charge >= 0.3 is 6.03 Å². The molecule has 1 atom stereocenters. The monoisotopic (exact) mass is 322 g/mol. The lowest BCUT2D eigenvalue weighted by Crippen LogP contribution is -2.66. The van der Waals surface area contributed by atoms with Crippen LogP contribution in [-0.4, -0.2) is 17.8 Å². The minimum Gasteiger partial charge on any atom is -0.484 e. The highest BCUT2D eigenvalue weighted by molar-refractivity contribution is 6.20. The van der Waals surface area contributed by atoms with Crippen molar-refractivity contribution in [1.29, 1.82) is 0 Å². The van der Waals surface area contributed by atoms with Crippen LogP contribution in [0, 0.1) is 5.41 Å². The van der Waals surface area contributed by atoms with Gasteiger partial charge < -0.3 is 4.74 Å². The Balaban J connectivity index is 1.90. The van der Waals surface area contributed by atoms with Crippen LogP contribution < -0.4 is 15.4 Å². The number of fused-ring (bicyclic) bond motifs is 1. The Labute approximate surface area is 137 Å². The lowest BCUT2D eigenvalue weighted by atomic mass is 9.70. The number of benzene rings is 2. The van der Waals surface area contributed by atoms with E-state index < -0.39 is 29.4 Å². The maximum Gasteiger partial charge on any atom is 0.328 e. The van der Waals surface area contributed by atoms with Gasteiger partial charge in [-0.05, 0) is 17.2 Å². The highest BCUT2D eigenvalue weighted by Crippen LogP contribution is 2.47. The zero-order valence-corrected chi connectivity index (χ0v) is 12.6. The van der Waals surface area contributed by atoms with Crippen LogP contribution in [0.25, 0.3) is 0 Å². The van der Waals surface area contributed by atoms with Gasteiger partial charge in [0.1, 0.15) is 11.9 Å². The van der Waals surface area contributed by atoms with Crippen LogP contribution in [0.15, 0.2) is 54.6 Å². The molecule has 1 saturated heterocycles. The summed E-state index contributed by atoms with van der Waals surface area (Å²) in [4.78, 5) is 36.9. The Morgan fingerprint density at radius 2 is 1.50 bits per heavy atom. The SMILES string of the molecule is O=C1NC(=O)C2(Cc3ccccc3OC2c2ccccc2)C(=O)N1. The van der Waals surface area contributed by atoms with Crippen LogP contribution in [0.2, 0.25) is 0 Å². The molecule has 2 aliphatic heterocycles. The number of urea groups is 1. The molecule has 0 aromatic heterocycles. The van der Waals surface area contributed by atoms with Crippen molar-refractivity contribution in [3.8, 4) is 5.75 Å². The quantitative estimate of drug-likeness (QED) is 0.783. The molecule has 0 bridgehead atoms. The van der Waals surface area contributed by atoms with Gasteiger partial charge in [0.2, 0.25) is 11.8 Å². The smallest absolute Gasteiger partial charge is 0.328 e. The van der Waals surface area contributed by atoms with E-state index in [-0.39, 0.29) is 6.42 Å². The largest absolute Gasteiger partial charge is 0.484 e. The number of carbonyl (C=O) groups is 3. The Morgan fingerprint density at radius 1 is 0.875 bits per heavy atom. The summed E-state index contributed by atoms with van der Waals surface area (Å²) in [7, 11) is 0. The number of nitrogens with one attached hydrogen (secondary N) is 2. The van der Waals surface area contributed by atoms with Crippen molar-refractivity contribution >= 4 is 17.8 Å². The molecule has 0 saturated carbocycles. The van der Waals surface area contributed by atoms with Crippen molar-refractivity contribution in [2.24, 2.45) is 5.41 Å². The fourth-order valence-electron chi connectivity index (χ4n) is 3.33. The standard InChI is InChI=1S/C18H14N2O4/c21-15-18(16(22)20-17(23)19-15)10-12-8-4-5-9-13(12)24-14(18)11-6-2-1-3-7-11/h1-9,14H,10H2,(H2,19,20,21,22,23). The van der Waals surface area contributed by atoms with E-state index >= 15 is 0 Å². The van der Waals surface area contributed by atoms with Crippen molar-refractivity contribution in [2.75, 3.05) is 0 Å². The highest BCUT2D eigenvalue weighted by atomic mass is 16.5. The normalized spacial score (nSPS) is 21.5. The van der Waals surface area contributed by atoms with E-state index in [1.807, 2.05) is 42.5 Å². The van der Waals surface area contributed by atoms with E-state index in [2.05, 4.69) is 10.6 Å². The molecule has 1 unspecified atom stereocenters. The maximum absolute atomic E-state index is 12.7. The Hall–Kier alpha value is -3.15. The van der Waals surface area contributed by atoms with Crippen molar-refractivity contribution in [3.05, 3.63) is 65.7 Å². The molecule has 4 amide bonds. The molecule has 1 fully saturated rings. The molecule has 2 aromatic rings. The van der Waals surface area contributed by atoms with Gasteiger partial charge in [0.05, 0.1) is 0 Å². The predicted molar refractivity (Wildman–Crippen MR) is 84.1 cm³/mol. The summed E-state index contributed by atoms with van der Waals surface area (Å²) in [6, 6.07) is 15.6. The van der Waals surface area contributed by atoms with Crippen LogP contribution in [0.3, 0.4) is 0 Å². The summed E-state index contributed by atoms with van der Waals surface area (Å²) < 4.78 is 6.05. The highest BCUT2D eigenvalue weighted by Gasteiger charge is 2.59. The summed E-state index contributed by atoms with van der Waals surface area (Å²) in [6.07, 6.45) is -0.657. The molecule has 2 N–H and O–H groups in total. The first kappa shape index (κ1) is 14.4. The average Bonchev–Trinajstić information content (AvgIpc) is 2.59. The van der Waals surface area contributed by atoms with Crippen molar-refractivity contribution in [2.45, 2.75) is 12.5 Å². The van der Waals surface area contributed by atoms with Gasteiger partial charge in [-0.15, -0.1) is 0 Å². The van der Waals surface area contributed by atoms with E-state index in [0.29, 0.717) is 11.3 Å². The Bertz CT molecular complexity index is 827. The molecule has 1 spiro atoms. The zero-order chi connectivity index (χ0) is 16.7. The number of hydrogen-bond donors (Lipinski definition) is 2. The van der Waals surface area contributed by atoms with Gasteiger partial charge in [0.15, 0.2) is 5.41 Å². The third kappa shape index (κ3) is 2.00. The molecule has 0 radical (unpaired) electrons. The number of imide groups is 2. The number of ether oxygens (including phenoxy) is 1. The molecular weight excluding hydrogens is 308 g/mol. The summed E-state index contributed by atoms with van der Waals surface area (Å²) >= 11 is 0. The molecule has 24 heavy (non-hydrogen) atoms. The molecule has 6 nitrogen and oxygen atoms in total. The maximum atomic E-state index is 12.7. The van der Waals surface area contributed by atoms with Crippen LogP contribution >= 0.6 is 0 Å². The predicted octanol–water partition coefficient (Wildman–Crippen LogP) is 1.72. The van der Waals surface area contributed by atoms with Gasteiger partial charge in [-0.3, -0.25) is 20.2 Å². The van der Waals surface area contributed by atoms with Crippen LogP contribution in [0.5, 0.6) is 5.75 Å². The molecule has 2 heterocycles. The Kier molecular flexibility index (Phi) is 3.13. The van der Waals surface area contributed by atoms with E-state index in [0.717, 1.165) is 5.56 Å². The molecule has 4 rings (SSSR count). The first-order valence-corrected chi connectivity index (χ1v) is 7.57. The molecule has 0 aliphatic carbocycles. The zero-order valence-electron chi connectivity index (χ0n) is 12.6. The van der Waals surface area contributed by atoms with Crippen LogP contribution in [0.1, 0.15) is 17.2 Å². The lowest BCUT2D eigenvalue weighted by Gasteiger charge is -2.43. The van der Waals surface area contributed by atoms with Gasteiger partial charge in [0.25, 0.3) is 0 Å². The summed E-state index contributed by atoms with van der Waals surface area (Å²) in [6.45, 7) is 0. The second-order valence-electron chi connectivity index (χ2n) is 5.90. The lowest BCUT2D eigenvalue weighted by molar-refractivity contribution is -0.153. The summed E-state index contributed by atoms with van der Waals surface area (Å²) in [5, 5.41) is 4.42. The minimum absolute atomic E-state index is 0.160. The number of rotatable bonds is 1. The second-order valence-corrected chi connectivity index (χ2v) is 5.90. The van der Waals surface area contributed by atoms with Gasteiger partial charge in [-0.1, -0.05) is 48.5 Å². The Morgan fingerprint density at radius 3 is 2.21 bits per heavy atom. The number of carbonyl (C=O) groups excluding carboxylic acids is 3. The average molecular weight is 322 g/mol. The van der Waals surface area contributed by atoms with Crippen molar-refractivity contribution in [3.63, 3.8) is 0 Å². The first-order chi connectivity index (χ1) is 11.6. The molecule has 2 aromatic carbocycles. The fraction of sp³-hybridized carbons (Fsp3) is 0.167. The van der Waals surface area contributed by atoms with E-state index in [9.17, 15) is 14.4 Å². The fourth-order valence-corrected chi connectivity index (χ4v) is 3.33. The van der Waals surface area contributed by atoms with Crippen LogP contribution in [-0.2, 0) is 16.0 Å². The van der Waals surface area contributed by atoms with Gasteiger partial charge in [0, 0.05) is 6.42 Å². The summed E-state index contributed by atoms with van der Waals surface area (Å²) in [5.74, 6) is -0.645. The van der Waals surface area contributed by atoms with E-state index in [4.69, 9.17) is 4.74 Å². The number of hydrogen-bond acceptors (Lipinski definition) is 4. The molecule has 6 heteroatoms. The van der Waals surface area contributed by atoms with Crippen molar-refractivity contribution < 1.29 is 19.1 Å². The van der Waals surface area contributed by atoms with E-state index in [1.54, 1.807) is 12.1 Å². The van der Waals surface area contributed by atoms with E-state index in [1.165, 1.54) is 0 Å². The topological polar surface area (TPSA) is 84.5 Å². The third-order valence-corrected chi connectivity index (χ3v) is 4.50. The number of para-hydroxylation sites is 1. The summed E-state index contributed by atoms with van der Waals surface area (Å²) in [5.41, 5.74) is -0.0696. The second kappa shape index (κ2) is 5.19. The number of barbiturate groups is 1.